The van der Waals surface area contributed by atoms with E-state index in [1.807, 2.05) is 11.8 Å². The molecule has 6 nitrogen and oxygen atoms in total. The lowest BCUT2D eigenvalue weighted by Crippen LogP contribution is -2.42. The molecule has 1 heterocycles. The first-order chi connectivity index (χ1) is 10.0. The number of carboxylic acids is 1. The highest BCUT2D eigenvalue weighted by Crippen LogP contribution is 2.25. The van der Waals surface area contributed by atoms with E-state index in [-0.39, 0.29) is 25.4 Å². The molecule has 1 rings (SSSR count). The average molecular weight is 317 g/mol. The zero-order valence-corrected chi connectivity index (χ0v) is 13.1. The van der Waals surface area contributed by atoms with Gasteiger partial charge in [0, 0.05) is 12.8 Å². The van der Waals surface area contributed by atoms with Crippen LogP contribution in [-0.2, 0) is 19.1 Å². The normalized spacial score (nSPS) is 17.0. The van der Waals surface area contributed by atoms with Crippen LogP contribution in [-0.4, -0.2) is 47.1 Å². The molecule has 7 heteroatoms. The molecule has 1 amide bonds. The van der Waals surface area contributed by atoms with Crippen molar-refractivity contribution in [3.05, 3.63) is 0 Å². The molecule has 0 aliphatic carbocycles. The number of hydrogen-bond acceptors (Lipinski definition) is 5. The Bertz CT molecular complexity index is 368. The molecule has 1 atom stereocenters. The fourth-order valence-electron chi connectivity index (χ4n) is 2.22. The molecule has 0 aromatic rings. The van der Waals surface area contributed by atoms with Gasteiger partial charge in [-0.1, -0.05) is 0 Å². The van der Waals surface area contributed by atoms with Gasteiger partial charge in [0.1, 0.15) is 6.04 Å². The number of carbonyl (C=O) groups excluding carboxylic acids is 2. The van der Waals surface area contributed by atoms with Crippen molar-refractivity contribution in [3.8, 4) is 0 Å². The highest BCUT2D eigenvalue weighted by molar-refractivity contribution is 7.99. The topological polar surface area (TPSA) is 92.7 Å². The second-order valence-corrected chi connectivity index (χ2v) is 6.29. The number of carbonyl (C=O) groups is 3. The van der Waals surface area contributed by atoms with Crippen LogP contribution in [0.4, 0.5) is 0 Å². The third kappa shape index (κ3) is 7.36. The van der Waals surface area contributed by atoms with Gasteiger partial charge in [0.05, 0.1) is 6.61 Å². The van der Waals surface area contributed by atoms with Gasteiger partial charge in [0.25, 0.3) is 0 Å². The molecule has 1 fully saturated rings. The smallest absolute Gasteiger partial charge is 0.326 e. The van der Waals surface area contributed by atoms with Crippen molar-refractivity contribution in [2.24, 2.45) is 5.92 Å². The van der Waals surface area contributed by atoms with Gasteiger partial charge >= 0.3 is 11.9 Å². The van der Waals surface area contributed by atoms with Crippen LogP contribution < -0.4 is 5.32 Å². The summed E-state index contributed by atoms with van der Waals surface area (Å²) in [4.78, 5) is 34.3. The minimum absolute atomic E-state index is 0.00877. The Morgan fingerprint density at radius 1 is 1.33 bits per heavy atom. The van der Waals surface area contributed by atoms with E-state index in [2.05, 4.69) is 5.32 Å². The Kier molecular flexibility index (Phi) is 8.19. The van der Waals surface area contributed by atoms with Crippen LogP contribution in [0.15, 0.2) is 0 Å². The van der Waals surface area contributed by atoms with Crippen LogP contribution >= 0.6 is 11.8 Å². The summed E-state index contributed by atoms with van der Waals surface area (Å²) >= 11 is 1.88. The van der Waals surface area contributed by atoms with E-state index < -0.39 is 18.0 Å². The number of ether oxygens (including phenoxy) is 1. The fraction of sp³-hybridized carbons (Fsp3) is 0.786. The van der Waals surface area contributed by atoms with Gasteiger partial charge in [0.15, 0.2) is 0 Å². The van der Waals surface area contributed by atoms with Crippen molar-refractivity contribution in [1.29, 1.82) is 0 Å². The van der Waals surface area contributed by atoms with Crippen LogP contribution in [0.25, 0.3) is 0 Å². The Balaban J connectivity index is 2.36. The minimum Gasteiger partial charge on any atom is -0.480 e. The maximum absolute atomic E-state index is 11.9. The molecular formula is C14H23NO5S. The van der Waals surface area contributed by atoms with Gasteiger partial charge in [-0.3, -0.25) is 9.59 Å². The summed E-state index contributed by atoms with van der Waals surface area (Å²) in [7, 11) is 0. The van der Waals surface area contributed by atoms with Crippen LogP contribution in [0.1, 0.15) is 39.0 Å². The quantitative estimate of drug-likeness (QED) is 0.658. The summed E-state index contributed by atoms with van der Waals surface area (Å²) in [6, 6.07) is -1.03. The van der Waals surface area contributed by atoms with E-state index in [9.17, 15) is 14.4 Å². The second-order valence-electron chi connectivity index (χ2n) is 5.06. The summed E-state index contributed by atoms with van der Waals surface area (Å²) in [6.45, 7) is 1.96. The Hall–Kier alpha value is -1.24. The van der Waals surface area contributed by atoms with Gasteiger partial charge in [-0.15, -0.1) is 0 Å². The lowest BCUT2D eigenvalue weighted by atomic mass is 9.98. The number of nitrogens with one attached hydrogen (secondary N) is 1. The molecule has 21 heavy (non-hydrogen) atoms. The molecule has 2 N–H and O–H groups in total. The number of aliphatic carboxylic acids is 1. The predicted molar refractivity (Wildman–Crippen MR) is 80.1 cm³/mol. The van der Waals surface area contributed by atoms with Crippen LogP contribution in [0.2, 0.25) is 0 Å². The minimum atomic E-state index is -1.12. The van der Waals surface area contributed by atoms with E-state index in [1.54, 1.807) is 6.92 Å². The van der Waals surface area contributed by atoms with Gasteiger partial charge in [-0.25, -0.2) is 4.79 Å². The van der Waals surface area contributed by atoms with Crippen LogP contribution in [0.5, 0.6) is 0 Å². The molecule has 0 saturated carbocycles. The lowest BCUT2D eigenvalue weighted by Gasteiger charge is -2.22. The molecule has 120 valence electrons. The van der Waals surface area contributed by atoms with Crippen molar-refractivity contribution >= 4 is 29.6 Å². The number of hydrogen-bond donors (Lipinski definition) is 2. The molecule has 0 radical (unpaired) electrons. The summed E-state index contributed by atoms with van der Waals surface area (Å²) in [5.41, 5.74) is 0. The monoisotopic (exact) mass is 317 g/mol. The molecule has 0 aromatic heterocycles. The van der Waals surface area contributed by atoms with Crippen molar-refractivity contribution in [2.75, 3.05) is 18.1 Å². The fourth-order valence-corrected chi connectivity index (χ4v) is 3.42. The molecule has 0 unspecified atom stereocenters. The molecule has 1 aliphatic heterocycles. The first-order valence-corrected chi connectivity index (χ1v) is 8.44. The van der Waals surface area contributed by atoms with E-state index >= 15 is 0 Å². The van der Waals surface area contributed by atoms with Crippen molar-refractivity contribution in [1.82, 2.24) is 5.32 Å². The highest BCUT2D eigenvalue weighted by atomic mass is 32.2. The van der Waals surface area contributed by atoms with Crippen molar-refractivity contribution in [3.63, 3.8) is 0 Å². The molecule has 1 aliphatic rings. The van der Waals surface area contributed by atoms with Crippen molar-refractivity contribution in [2.45, 2.75) is 45.1 Å². The van der Waals surface area contributed by atoms with Gasteiger partial charge < -0.3 is 15.2 Å². The molecule has 0 spiro atoms. The van der Waals surface area contributed by atoms with E-state index in [0.29, 0.717) is 12.3 Å². The maximum Gasteiger partial charge on any atom is 0.326 e. The Morgan fingerprint density at radius 2 is 2.00 bits per heavy atom. The first-order valence-electron chi connectivity index (χ1n) is 7.28. The average Bonchev–Trinajstić information content (AvgIpc) is 2.44. The van der Waals surface area contributed by atoms with E-state index in [1.165, 1.54) is 0 Å². The summed E-state index contributed by atoms with van der Waals surface area (Å²) in [5.74, 6) is 0.648. The zero-order valence-electron chi connectivity index (χ0n) is 12.3. The number of carboxylic acid groups (broad SMARTS) is 1. The standard InChI is InChI=1S/C14H23NO5S/c1-2-20-13(17)4-3-11(14(18)19)15-12(16)9-10-5-7-21-8-6-10/h10-11H,2-9H2,1H3,(H,15,16)(H,18,19)/t11-/m0/s1. The van der Waals surface area contributed by atoms with Gasteiger partial charge in [-0.2, -0.15) is 11.8 Å². The summed E-state index contributed by atoms with van der Waals surface area (Å²) in [5, 5.41) is 11.6. The molecule has 1 saturated heterocycles. The van der Waals surface area contributed by atoms with Gasteiger partial charge in [0.2, 0.25) is 5.91 Å². The predicted octanol–water partition coefficient (Wildman–Crippen LogP) is 1.43. The van der Waals surface area contributed by atoms with E-state index in [0.717, 1.165) is 24.3 Å². The molecule has 0 aromatic carbocycles. The lowest BCUT2D eigenvalue weighted by molar-refractivity contribution is -0.145. The number of rotatable bonds is 8. The molecular weight excluding hydrogens is 294 g/mol. The second kappa shape index (κ2) is 9.65. The SMILES string of the molecule is CCOC(=O)CC[C@H](NC(=O)CC1CCSCC1)C(=O)O. The van der Waals surface area contributed by atoms with Crippen LogP contribution in [0, 0.1) is 5.92 Å². The third-order valence-electron chi connectivity index (χ3n) is 3.39. The van der Waals surface area contributed by atoms with Gasteiger partial charge in [-0.05, 0) is 43.6 Å². The number of esters is 1. The largest absolute Gasteiger partial charge is 0.480 e. The van der Waals surface area contributed by atoms with E-state index in [4.69, 9.17) is 9.84 Å². The third-order valence-corrected chi connectivity index (χ3v) is 4.44. The zero-order chi connectivity index (χ0) is 15.7. The number of amides is 1. The highest BCUT2D eigenvalue weighted by Gasteiger charge is 2.23. The Labute approximate surface area is 129 Å². The van der Waals surface area contributed by atoms with Crippen LogP contribution in [0.3, 0.4) is 0 Å². The maximum atomic E-state index is 11.9. The number of thioether (sulfide) groups is 1. The summed E-state index contributed by atoms with van der Waals surface area (Å²) < 4.78 is 4.75. The van der Waals surface area contributed by atoms with Crippen molar-refractivity contribution < 1.29 is 24.2 Å². The summed E-state index contributed by atoms with van der Waals surface area (Å²) in [6.07, 6.45) is 2.41. The molecule has 0 bridgehead atoms. The Morgan fingerprint density at radius 3 is 2.57 bits per heavy atom. The first kappa shape index (κ1) is 17.8.